The normalized spacial score (nSPS) is 10.3. The zero-order valence-corrected chi connectivity index (χ0v) is 12.4. The molecule has 0 aliphatic rings. The number of nitriles is 1. The maximum atomic E-state index is 13.2. The predicted molar refractivity (Wildman–Crippen MR) is 82.6 cm³/mol. The van der Waals surface area contributed by atoms with Crippen LogP contribution in [-0.2, 0) is 0 Å². The molecule has 3 aromatic rings. The average Bonchev–Trinajstić information content (AvgIpc) is 3.00. The van der Waals surface area contributed by atoms with Crippen molar-refractivity contribution >= 4 is 0 Å². The number of nitrogens with zero attached hydrogens (tertiary/aromatic N) is 4. The topological polar surface area (TPSA) is 63.7 Å². The molecule has 0 bridgehead atoms. The first-order chi connectivity index (χ1) is 11.2. The highest BCUT2D eigenvalue weighted by molar-refractivity contribution is 5.68. The van der Waals surface area contributed by atoms with Crippen LogP contribution in [0.4, 0.5) is 4.39 Å². The van der Waals surface area contributed by atoms with E-state index in [9.17, 15) is 9.65 Å². The second kappa shape index (κ2) is 6.28. The Labute approximate surface area is 132 Å². The summed E-state index contributed by atoms with van der Waals surface area (Å²) >= 11 is 0. The molecule has 3 rings (SSSR count). The fourth-order valence-corrected chi connectivity index (χ4v) is 2.30. The highest BCUT2D eigenvalue weighted by atomic mass is 19.1. The molecule has 0 saturated heterocycles. The summed E-state index contributed by atoms with van der Waals surface area (Å²) in [6.07, 6.45) is 0. The van der Waals surface area contributed by atoms with E-state index in [0.717, 1.165) is 0 Å². The molecular formula is C17H13FN4O. The molecule has 0 unspecified atom stereocenters. The Kier molecular flexibility index (Phi) is 4.02. The minimum Gasteiger partial charge on any atom is -0.492 e. The number of aromatic nitrogens is 3. The van der Waals surface area contributed by atoms with E-state index in [-0.39, 0.29) is 11.5 Å². The molecule has 0 spiro atoms. The first kappa shape index (κ1) is 14.7. The molecule has 23 heavy (non-hydrogen) atoms. The van der Waals surface area contributed by atoms with Gasteiger partial charge in [0.1, 0.15) is 29.0 Å². The lowest BCUT2D eigenvalue weighted by Crippen LogP contribution is -2.04. The third-order valence-corrected chi connectivity index (χ3v) is 3.29. The summed E-state index contributed by atoms with van der Waals surface area (Å²) in [5, 5.41) is 17.3. The van der Waals surface area contributed by atoms with Gasteiger partial charge in [0.15, 0.2) is 5.69 Å². The van der Waals surface area contributed by atoms with Gasteiger partial charge in [-0.1, -0.05) is 17.3 Å². The van der Waals surface area contributed by atoms with E-state index in [4.69, 9.17) is 4.74 Å². The molecule has 0 atom stereocenters. The molecule has 0 aliphatic heterocycles. The van der Waals surface area contributed by atoms with Crippen LogP contribution < -0.4 is 4.74 Å². The molecule has 114 valence electrons. The van der Waals surface area contributed by atoms with Crippen molar-refractivity contribution in [2.45, 2.75) is 6.92 Å². The number of hydrogen-bond acceptors (Lipinski definition) is 4. The molecule has 0 aliphatic carbocycles. The fraction of sp³-hybridized carbons (Fsp3) is 0.118. The molecule has 2 aromatic carbocycles. The van der Waals surface area contributed by atoms with Crippen molar-refractivity contribution in [1.82, 2.24) is 15.0 Å². The number of benzene rings is 2. The number of ether oxygens (including phenoxy) is 1. The van der Waals surface area contributed by atoms with Crippen molar-refractivity contribution in [2.75, 3.05) is 6.61 Å². The van der Waals surface area contributed by atoms with Crippen LogP contribution in [0.1, 0.15) is 12.6 Å². The van der Waals surface area contributed by atoms with Gasteiger partial charge in [-0.2, -0.15) is 5.26 Å². The zero-order valence-electron chi connectivity index (χ0n) is 12.4. The largest absolute Gasteiger partial charge is 0.492 e. The third-order valence-electron chi connectivity index (χ3n) is 3.29. The smallest absolute Gasteiger partial charge is 0.191 e. The maximum Gasteiger partial charge on any atom is 0.191 e. The van der Waals surface area contributed by atoms with Crippen LogP contribution in [0.2, 0.25) is 0 Å². The lowest BCUT2D eigenvalue weighted by molar-refractivity contribution is 0.338. The number of para-hydroxylation sites is 2. The van der Waals surface area contributed by atoms with Crippen molar-refractivity contribution in [2.24, 2.45) is 0 Å². The number of rotatable bonds is 4. The van der Waals surface area contributed by atoms with Crippen LogP contribution in [0.5, 0.6) is 5.75 Å². The van der Waals surface area contributed by atoms with Gasteiger partial charge < -0.3 is 4.74 Å². The minimum absolute atomic E-state index is 0.169. The summed E-state index contributed by atoms with van der Waals surface area (Å²) in [5.74, 6) is 0.286. The van der Waals surface area contributed by atoms with Gasteiger partial charge in [0.25, 0.3) is 0 Å². The lowest BCUT2D eigenvalue weighted by Gasteiger charge is -2.12. The van der Waals surface area contributed by atoms with Crippen molar-refractivity contribution in [3.8, 4) is 28.8 Å². The highest BCUT2D eigenvalue weighted by Crippen LogP contribution is 2.29. The minimum atomic E-state index is -0.346. The summed E-state index contributed by atoms with van der Waals surface area (Å²) < 4.78 is 20.3. The van der Waals surface area contributed by atoms with E-state index in [1.165, 1.54) is 16.8 Å². The van der Waals surface area contributed by atoms with Gasteiger partial charge in [-0.25, -0.2) is 9.07 Å². The molecule has 0 radical (unpaired) electrons. The van der Waals surface area contributed by atoms with E-state index in [1.807, 2.05) is 37.3 Å². The van der Waals surface area contributed by atoms with Gasteiger partial charge in [0.2, 0.25) is 0 Å². The quantitative estimate of drug-likeness (QED) is 0.741. The van der Waals surface area contributed by atoms with Crippen LogP contribution in [0.3, 0.4) is 0 Å². The summed E-state index contributed by atoms with van der Waals surface area (Å²) in [4.78, 5) is 0. The second-order valence-electron chi connectivity index (χ2n) is 4.72. The fourth-order valence-electron chi connectivity index (χ4n) is 2.30. The van der Waals surface area contributed by atoms with Crippen LogP contribution in [-0.4, -0.2) is 21.6 Å². The summed E-state index contributed by atoms with van der Waals surface area (Å²) in [6.45, 7) is 2.39. The Hall–Kier alpha value is -3.20. The molecule has 1 aromatic heterocycles. The van der Waals surface area contributed by atoms with Crippen molar-refractivity contribution in [3.05, 3.63) is 60.0 Å². The SMILES string of the molecule is CCOc1ccccc1-n1nnc(C#N)c1-c1ccc(F)cc1. The van der Waals surface area contributed by atoms with Gasteiger partial charge in [0, 0.05) is 5.56 Å². The van der Waals surface area contributed by atoms with Crippen molar-refractivity contribution in [3.63, 3.8) is 0 Å². The molecule has 0 amide bonds. The van der Waals surface area contributed by atoms with Gasteiger partial charge in [0.05, 0.1) is 6.61 Å². The Morgan fingerprint density at radius 2 is 1.91 bits per heavy atom. The zero-order chi connectivity index (χ0) is 16.2. The highest BCUT2D eigenvalue weighted by Gasteiger charge is 2.18. The van der Waals surface area contributed by atoms with Crippen LogP contribution >= 0.6 is 0 Å². The molecule has 0 saturated carbocycles. The summed E-state index contributed by atoms with van der Waals surface area (Å²) in [7, 11) is 0. The van der Waals surface area contributed by atoms with E-state index in [2.05, 4.69) is 10.3 Å². The van der Waals surface area contributed by atoms with Gasteiger partial charge in [-0.3, -0.25) is 0 Å². The first-order valence-electron chi connectivity index (χ1n) is 7.08. The van der Waals surface area contributed by atoms with Crippen molar-refractivity contribution < 1.29 is 9.13 Å². The standard InChI is InChI=1S/C17H13FN4O/c1-2-23-16-6-4-3-5-15(16)22-17(14(11-19)20-21-22)12-7-9-13(18)10-8-12/h3-10H,2H2,1H3. The van der Waals surface area contributed by atoms with Crippen LogP contribution in [0.25, 0.3) is 16.9 Å². The molecule has 0 fully saturated rings. The number of halogens is 1. The molecule has 6 heteroatoms. The third kappa shape index (κ3) is 2.77. The van der Waals surface area contributed by atoms with E-state index in [0.29, 0.717) is 29.3 Å². The predicted octanol–water partition coefficient (Wildman–Crippen LogP) is 3.34. The van der Waals surface area contributed by atoms with Gasteiger partial charge in [-0.05, 0) is 43.3 Å². The van der Waals surface area contributed by atoms with E-state index in [1.54, 1.807) is 12.1 Å². The monoisotopic (exact) mass is 308 g/mol. The van der Waals surface area contributed by atoms with Crippen LogP contribution in [0, 0.1) is 17.1 Å². The van der Waals surface area contributed by atoms with E-state index >= 15 is 0 Å². The van der Waals surface area contributed by atoms with Gasteiger partial charge in [-0.15, -0.1) is 5.10 Å². The Bertz CT molecular complexity index is 865. The van der Waals surface area contributed by atoms with Crippen molar-refractivity contribution in [1.29, 1.82) is 5.26 Å². The molecule has 1 heterocycles. The molecular weight excluding hydrogens is 295 g/mol. The Morgan fingerprint density at radius 1 is 1.17 bits per heavy atom. The average molecular weight is 308 g/mol. The summed E-state index contributed by atoms with van der Waals surface area (Å²) in [6, 6.07) is 15.2. The maximum absolute atomic E-state index is 13.2. The Balaban J connectivity index is 2.21. The second-order valence-corrected chi connectivity index (χ2v) is 4.72. The first-order valence-corrected chi connectivity index (χ1v) is 7.08. The van der Waals surface area contributed by atoms with Crippen LogP contribution in [0.15, 0.2) is 48.5 Å². The number of hydrogen-bond donors (Lipinski definition) is 0. The molecule has 0 N–H and O–H groups in total. The summed E-state index contributed by atoms with van der Waals surface area (Å²) in [5.41, 5.74) is 1.99. The van der Waals surface area contributed by atoms with Gasteiger partial charge >= 0.3 is 0 Å². The van der Waals surface area contributed by atoms with E-state index < -0.39 is 0 Å². The Morgan fingerprint density at radius 3 is 2.61 bits per heavy atom. The molecule has 5 nitrogen and oxygen atoms in total. The lowest BCUT2D eigenvalue weighted by atomic mass is 10.1.